The minimum absolute atomic E-state index is 0.148. The minimum atomic E-state index is -4.77. The molecule has 4 aromatic rings. The highest BCUT2D eigenvalue weighted by molar-refractivity contribution is 8.15. The van der Waals surface area contributed by atoms with Gasteiger partial charge in [0.25, 0.3) is 0 Å². The van der Waals surface area contributed by atoms with Gasteiger partial charge in [-0.2, -0.15) is 4.99 Å². The number of amidine groups is 1. The van der Waals surface area contributed by atoms with E-state index in [1.54, 1.807) is 30.4 Å². The van der Waals surface area contributed by atoms with Crippen molar-refractivity contribution in [3.05, 3.63) is 89.5 Å². The van der Waals surface area contributed by atoms with Gasteiger partial charge in [-0.3, -0.25) is 9.69 Å². The van der Waals surface area contributed by atoms with E-state index in [1.165, 1.54) is 59.0 Å². The van der Waals surface area contributed by atoms with Gasteiger partial charge in [0, 0.05) is 0 Å². The SMILES string of the molecule is COc1cc(/C=C/c2ncn(-c3ccc(OC(F)(F)F)cc3)n2)ccc1NC(=O)/N=C1\SCC(=O)N1c1cc(C)ccc1C(C)C. The molecule has 0 unspecified atom stereocenters. The third-order valence-corrected chi connectivity index (χ3v) is 7.67. The highest BCUT2D eigenvalue weighted by Crippen LogP contribution is 2.34. The molecule has 0 aliphatic carbocycles. The summed E-state index contributed by atoms with van der Waals surface area (Å²) in [5.41, 5.74) is 4.29. The number of nitrogens with zero attached hydrogens (tertiary/aromatic N) is 5. The summed E-state index contributed by atoms with van der Waals surface area (Å²) in [7, 11) is 1.47. The Bertz CT molecular complexity index is 1820. The van der Waals surface area contributed by atoms with Gasteiger partial charge in [-0.15, -0.1) is 18.3 Å². The first-order chi connectivity index (χ1) is 21.9. The Kier molecular flexibility index (Phi) is 9.46. The maximum atomic E-state index is 13.0. The monoisotopic (exact) mass is 650 g/mol. The van der Waals surface area contributed by atoms with E-state index < -0.39 is 12.4 Å². The van der Waals surface area contributed by atoms with E-state index in [0.717, 1.165) is 22.4 Å². The summed E-state index contributed by atoms with van der Waals surface area (Å²) in [5, 5.41) is 7.36. The lowest BCUT2D eigenvalue weighted by Crippen LogP contribution is -2.31. The molecule has 238 valence electrons. The number of hydrogen-bond donors (Lipinski definition) is 1. The lowest BCUT2D eigenvalue weighted by molar-refractivity contribution is -0.274. The molecule has 3 aromatic carbocycles. The van der Waals surface area contributed by atoms with Gasteiger partial charge in [-0.05, 0) is 78.1 Å². The van der Waals surface area contributed by atoms with Crippen LogP contribution in [0.3, 0.4) is 0 Å². The van der Waals surface area contributed by atoms with Crippen molar-refractivity contribution in [1.82, 2.24) is 14.8 Å². The van der Waals surface area contributed by atoms with E-state index in [9.17, 15) is 22.8 Å². The minimum Gasteiger partial charge on any atom is -0.495 e. The smallest absolute Gasteiger partial charge is 0.495 e. The number of methoxy groups -OCH3 is 1. The molecule has 0 spiro atoms. The lowest BCUT2D eigenvalue weighted by atomic mass is 9.99. The molecule has 3 amide bonds. The van der Waals surface area contributed by atoms with Crippen LogP contribution in [0, 0.1) is 6.92 Å². The Labute approximate surface area is 266 Å². The van der Waals surface area contributed by atoms with E-state index in [-0.39, 0.29) is 23.3 Å². The molecule has 2 heterocycles. The molecule has 1 fully saturated rings. The highest BCUT2D eigenvalue weighted by atomic mass is 32.2. The third kappa shape index (κ3) is 7.75. The van der Waals surface area contributed by atoms with Crippen LogP contribution in [-0.4, -0.2) is 51.1 Å². The second-order valence-corrected chi connectivity index (χ2v) is 11.4. The molecule has 1 saturated heterocycles. The Morgan fingerprint density at radius 2 is 1.85 bits per heavy atom. The zero-order chi connectivity index (χ0) is 33.0. The first-order valence-electron chi connectivity index (χ1n) is 14.0. The number of aromatic nitrogens is 3. The Morgan fingerprint density at radius 3 is 2.54 bits per heavy atom. The van der Waals surface area contributed by atoms with Crippen molar-refractivity contribution in [2.45, 2.75) is 33.1 Å². The molecular formula is C32H29F3N6O4S. The number of amides is 3. The first kappa shape index (κ1) is 32.3. The molecular weight excluding hydrogens is 621 g/mol. The third-order valence-electron chi connectivity index (χ3n) is 6.75. The summed E-state index contributed by atoms with van der Waals surface area (Å²) in [5.74, 6) is 0.585. The Balaban J connectivity index is 1.28. The van der Waals surface area contributed by atoms with E-state index in [4.69, 9.17) is 4.74 Å². The Morgan fingerprint density at radius 1 is 1.09 bits per heavy atom. The molecule has 14 heteroatoms. The number of aryl methyl sites for hydroxylation is 1. The summed E-state index contributed by atoms with van der Waals surface area (Å²) in [4.78, 5) is 35.8. The molecule has 1 aliphatic heterocycles. The quantitative estimate of drug-likeness (QED) is 0.211. The van der Waals surface area contributed by atoms with E-state index in [1.807, 2.05) is 39.0 Å². The van der Waals surface area contributed by atoms with Crippen LogP contribution in [0.25, 0.3) is 17.8 Å². The average molecular weight is 651 g/mol. The number of aliphatic imine (C=N–C) groups is 1. The topological polar surface area (TPSA) is 111 Å². The van der Waals surface area contributed by atoms with Gasteiger partial charge in [-0.1, -0.05) is 49.9 Å². The number of carbonyl (C=O) groups is 2. The lowest BCUT2D eigenvalue weighted by Gasteiger charge is -2.22. The van der Waals surface area contributed by atoms with Gasteiger partial charge in [0.15, 0.2) is 11.0 Å². The molecule has 1 N–H and O–H groups in total. The second kappa shape index (κ2) is 13.5. The van der Waals surface area contributed by atoms with Crippen LogP contribution in [0.5, 0.6) is 11.5 Å². The van der Waals surface area contributed by atoms with Crippen LogP contribution >= 0.6 is 11.8 Å². The Hall–Kier alpha value is -5.11. The van der Waals surface area contributed by atoms with Crippen LogP contribution in [0.2, 0.25) is 0 Å². The fourth-order valence-electron chi connectivity index (χ4n) is 4.61. The molecule has 0 radical (unpaired) electrons. The van der Waals surface area contributed by atoms with Crippen molar-refractivity contribution in [3.8, 4) is 17.2 Å². The van der Waals surface area contributed by atoms with Crippen LogP contribution in [0.15, 0.2) is 72.0 Å². The standard InChI is InChI=1S/C32H29F3N6O4S/c1-19(2)24-12-5-20(3)15-26(24)41-29(42)17-46-31(41)38-30(43)37-25-13-6-21(16-27(25)44-4)7-14-28-36-18-40(39-28)22-8-10-23(11-9-22)45-32(33,34)35/h5-16,18-19H,17H2,1-4H3,(H,37,43)/b14-7+,38-31-. The number of halogens is 3. The van der Waals surface area contributed by atoms with Crippen molar-refractivity contribution in [2.24, 2.45) is 4.99 Å². The largest absolute Gasteiger partial charge is 0.573 e. The maximum absolute atomic E-state index is 13.0. The summed E-state index contributed by atoms with van der Waals surface area (Å²) in [6.45, 7) is 6.03. The number of rotatable bonds is 8. The van der Waals surface area contributed by atoms with Gasteiger partial charge in [0.2, 0.25) is 5.91 Å². The molecule has 0 bridgehead atoms. The zero-order valence-corrected chi connectivity index (χ0v) is 26.0. The number of thioether (sulfide) groups is 1. The van der Waals surface area contributed by atoms with Crippen LogP contribution < -0.4 is 19.7 Å². The summed E-state index contributed by atoms with van der Waals surface area (Å²) in [6.07, 6.45) is 0.0446. The summed E-state index contributed by atoms with van der Waals surface area (Å²) in [6, 6.07) is 15.6. The van der Waals surface area contributed by atoms with Crippen molar-refractivity contribution in [2.75, 3.05) is 23.1 Å². The van der Waals surface area contributed by atoms with Crippen LogP contribution in [0.1, 0.15) is 42.3 Å². The van der Waals surface area contributed by atoms with Crippen molar-refractivity contribution in [1.29, 1.82) is 0 Å². The number of carbonyl (C=O) groups excluding carboxylic acids is 2. The van der Waals surface area contributed by atoms with Gasteiger partial charge in [0.1, 0.15) is 17.8 Å². The van der Waals surface area contributed by atoms with Gasteiger partial charge >= 0.3 is 12.4 Å². The van der Waals surface area contributed by atoms with E-state index in [0.29, 0.717) is 28.1 Å². The summed E-state index contributed by atoms with van der Waals surface area (Å²) >= 11 is 1.20. The molecule has 10 nitrogen and oxygen atoms in total. The number of nitrogens with one attached hydrogen (secondary N) is 1. The second-order valence-electron chi connectivity index (χ2n) is 10.4. The van der Waals surface area contributed by atoms with Gasteiger partial charge < -0.3 is 14.8 Å². The predicted octanol–water partition coefficient (Wildman–Crippen LogP) is 7.44. The molecule has 46 heavy (non-hydrogen) atoms. The molecule has 5 rings (SSSR count). The number of benzene rings is 3. The van der Waals surface area contributed by atoms with E-state index in [2.05, 4.69) is 25.1 Å². The number of urea groups is 1. The predicted molar refractivity (Wildman–Crippen MR) is 172 cm³/mol. The van der Waals surface area contributed by atoms with Gasteiger partial charge in [-0.25, -0.2) is 14.5 Å². The van der Waals surface area contributed by atoms with E-state index >= 15 is 0 Å². The fraction of sp³-hybridized carbons (Fsp3) is 0.219. The number of ether oxygens (including phenoxy) is 2. The van der Waals surface area contributed by atoms with Crippen LogP contribution in [0.4, 0.5) is 29.3 Å². The highest BCUT2D eigenvalue weighted by Gasteiger charge is 2.33. The molecule has 0 atom stereocenters. The molecule has 0 saturated carbocycles. The van der Waals surface area contributed by atoms with Gasteiger partial charge in [0.05, 0.1) is 29.9 Å². The normalized spacial score (nSPS) is 14.5. The summed E-state index contributed by atoms with van der Waals surface area (Å²) < 4.78 is 48.0. The maximum Gasteiger partial charge on any atom is 0.573 e. The van der Waals surface area contributed by atoms with Crippen LogP contribution in [-0.2, 0) is 4.79 Å². The molecule has 1 aliphatic rings. The number of hydrogen-bond acceptors (Lipinski definition) is 7. The van der Waals surface area contributed by atoms with Crippen molar-refractivity contribution in [3.63, 3.8) is 0 Å². The zero-order valence-electron chi connectivity index (χ0n) is 25.2. The average Bonchev–Trinajstić information content (AvgIpc) is 3.62. The first-order valence-corrected chi connectivity index (χ1v) is 15.0. The number of alkyl halides is 3. The van der Waals surface area contributed by atoms with Crippen molar-refractivity contribution < 1.29 is 32.2 Å². The number of anilines is 2. The molecule has 1 aromatic heterocycles. The van der Waals surface area contributed by atoms with Crippen molar-refractivity contribution >= 4 is 52.4 Å². The fourth-order valence-corrected chi connectivity index (χ4v) is 5.47.